The summed E-state index contributed by atoms with van der Waals surface area (Å²) in [6.45, 7) is 4.04. The van der Waals surface area contributed by atoms with Gasteiger partial charge in [-0.2, -0.15) is 0 Å². The van der Waals surface area contributed by atoms with Crippen molar-refractivity contribution in [3.05, 3.63) is 29.3 Å². The molecular weight excluding hydrogens is 124 g/mol. The van der Waals surface area contributed by atoms with Gasteiger partial charge in [0.2, 0.25) is 0 Å². The van der Waals surface area contributed by atoms with Crippen molar-refractivity contribution >= 4 is 0 Å². The molecule has 0 aromatic heterocycles. The molecule has 0 radical (unpaired) electrons. The highest BCUT2D eigenvalue weighted by atomic mass is 16.3. The molecule has 0 unspecified atom stereocenters. The Morgan fingerprint density at radius 2 is 2.40 bits per heavy atom. The molecule has 54 valence electrons. The van der Waals surface area contributed by atoms with Crippen LogP contribution in [0.25, 0.3) is 0 Å². The monoisotopic (exact) mass is 138 g/mol. The zero-order valence-electron chi connectivity index (χ0n) is 7.35. The molecule has 0 saturated carbocycles. The van der Waals surface area contributed by atoms with Crippen LogP contribution in [0.4, 0.5) is 0 Å². The van der Waals surface area contributed by atoms with Crippen LogP contribution in [0.2, 0.25) is 0 Å². The molecule has 1 nitrogen and oxygen atoms in total. The first-order valence-corrected chi connectivity index (χ1v) is 3.50. The van der Waals surface area contributed by atoms with Crippen molar-refractivity contribution in [1.29, 1.82) is 1.43 Å². The highest BCUT2D eigenvalue weighted by Crippen LogP contribution is 2.18. The van der Waals surface area contributed by atoms with E-state index in [9.17, 15) is 0 Å². The Labute approximate surface area is 62.8 Å². The molecule has 0 atom stereocenters. The first-order valence-electron chi connectivity index (χ1n) is 3.91. The van der Waals surface area contributed by atoms with Crippen molar-refractivity contribution in [3.63, 3.8) is 0 Å². The van der Waals surface area contributed by atoms with Crippen LogP contribution in [0.5, 0.6) is 5.75 Å². The molecule has 1 N–H and O–H groups in total. The number of phenols is 1. The highest BCUT2D eigenvalue weighted by molar-refractivity contribution is 5.35. The van der Waals surface area contributed by atoms with Gasteiger partial charge in [-0.05, 0) is 30.5 Å². The van der Waals surface area contributed by atoms with Gasteiger partial charge in [0.25, 0.3) is 1.43 Å². The smallest absolute Gasteiger partial charge is 0.293 e. The number of benzene rings is 1. The summed E-state index contributed by atoms with van der Waals surface area (Å²) in [5, 5.41) is 4.47. The number of aromatic hydroxyl groups is 1. The fourth-order valence-electron chi connectivity index (χ4n) is 0.954. The van der Waals surface area contributed by atoms with E-state index >= 15 is 0 Å². The predicted octanol–water partition coefficient (Wildman–Crippen LogP) is 2.26. The van der Waals surface area contributed by atoms with E-state index in [0.29, 0.717) is 5.75 Å². The van der Waals surface area contributed by atoms with Crippen LogP contribution < -0.4 is 0 Å². The van der Waals surface area contributed by atoms with Gasteiger partial charge in [-0.25, -0.2) is 0 Å². The summed E-state index contributed by atoms with van der Waals surface area (Å²) in [5.41, 5.74) is 2.22. The van der Waals surface area contributed by atoms with Crippen LogP contribution in [0.1, 0.15) is 18.1 Å². The fraction of sp³-hybridized carbons (Fsp3) is 0.333. The molecule has 0 saturated heterocycles. The van der Waals surface area contributed by atoms with Gasteiger partial charge < -0.3 is 5.11 Å². The summed E-state index contributed by atoms with van der Waals surface area (Å²) < 4.78 is 6.78. The zero-order chi connectivity index (χ0) is 8.27. The normalized spacial score (nSPS) is 10.8. The van der Waals surface area contributed by atoms with E-state index in [1.54, 1.807) is 0 Å². The molecule has 1 rings (SSSR count). The SMILES string of the molecule is [3H]Oc1cc(C)ccc1CC. The second kappa shape index (κ2) is 2.74. The van der Waals surface area contributed by atoms with Crippen molar-refractivity contribution in [2.24, 2.45) is 0 Å². The Morgan fingerprint density at radius 3 is 3.00 bits per heavy atom. The number of hydrogen-bond donors (Lipinski definition) is 1. The molecule has 1 heteroatoms. The van der Waals surface area contributed by atoms with E-state index in [-0.39, 0.29) is 0 Å². The maximum Gasteiger partial charge on any atom is 0.293 e. The fourth-order valence-corrected chi connectivity index (χ4v) is 0.954. The van der Waals surface area contributed by atoms with Gasteiger partial charge in [-0.1, -0.05) is 19.1 Å². The molecule has 0 spiro atoms. The lowest BCUT2D eigenvalue weighted by Gasteiger charge is -2.00. The molecule has 10 heavy (non-hydrogen) atoms. The molecule has 0 heterocycles. The number of hydrogen-bond acceptors (Lipinski definition) is 1. The second-order valence-electron chi connectivity index (χ2n) is 2.46. The molecule has 0 amide bonds. The van der Waals surface area contributed by atoms with Gasteiger partial charge in [0.15, 0.2) is 0 Å². The summed E-state index contributed by atoms with van der Waals surface area (Å²) in [5.74, 6) is 0.674. The molecular formula is C9H12O. The van der Waals surface area contributed by atoms with Crippen LogP contribution >= 0.6 is 0 Å². The lowest BCUT2D eigenvalue weighted by molar-refractivity contribution is 0.468. The quantitative estimate of drug-likeness (QED) is 0.664. The summed E-state index contributed by atoms with van der Waals surface area (Å²) >= 11 is 0. The van der Waals surface area contributed by atoms with Gasteiger partial charge in [-0.15, -0.1) is 0 Å². The first kappa shape index (κ1) is 5.78. The second-order valence-corrected chi connectivity index (χ2v) is 2.46. The molecule has 0 aliphatic carbocycles. The van der Waals surface area contributed by atoms with Crippen LogP contribution in [-0.2, 0) is 6.42 Å². The predicted molar refractivity (Wildman–Crippen MR) is 42.2 cm³/mol. The summed E-state index contributed by atoms with van der Waals surface area (Å²) in [6, 6.07) is 5.91. The third kappa shape index (κ3) is 1.29. The number of rotatable bonds is 2. The van der Waals surface area contributed by atoms with Gasteiger partial charge >= 0.3 is 0 Å². The van der Waals surface area contributed by atoms with Crippen molar-refractivity contribution in [2.45, 2.75) is 20.3 Å². The average molecular weight is 138 g/mol. The summed E-state index contributed by atoms with van der Waals surface area (Å²) in [7, 11) is 0. The molecule has 1 aromatic carbocycles. The zero-order valence-corrected chi connectivity index (χ0v) is 6.35. The minimum Gasteiger partial charge on any atom is -0.508 e. The maximum atomic E-state index is 6.78. The van der Waals surface area contributed by atoms with Crippen LogP contribution in [0.15, 0.2) is 18.2 Å². The standard InChI is InChI=1S/C9H12O/c1-3-8-5-4-7(2)6-9(8)10/h4-6,10H,3H2,1-2H3/i/hT. The highest BCUT2D eigenvalue weighted by Gasteiger charge is 1.96. The van der Waals surface area contributed by atoms with E-state index in [1.165, 1.54) is 0 Å². The Morgan fingerprint density at radius 1 is 1.60 bits per heavy atom. The van der Waals surface area contributed by atoms with E-state index in [1.807, 2.05) is 32.0 Å². The van der Waals surface area contributed by atoms with Gasteiger partial charge in [0, 0.05) is 0 Å². The molecule has 0 fully saturated rings. The van der Waals surface area contributed by atoms with Crippen LogP contribution in [-0.4, -0.2) is 6.54 Å². The van der Waals surface area contributed by atoms with Crippen molar-refractivity contribution in [1.82, 2.24) is 0 Å². The van der Waals surface area contributed by atoms with E-state index in [4.69, 9.17) is 1.43 Å². The average Bonchev–Trinajstić information content (AvgIpc) is 2.04. The largest absolute Gasteiger partial charge is 0.508 e. The van der Waals surface area contributed by atoms with Gasteiger partial charge in [-0.3, -0.25) is 0 Å². The third-order valence-corrected chi connectivity index (χ3v) is 1.60. The van der Waals surface area contributed by atoms with Gasteiger partial charge in [0.1, 0.15) is 5.75 Å². The molecule has 0 aliphatic heterocycles. The number of phenolic OH excluding ortho intramolecular Hbond substituents is 1. The van der Waals surface area contributed by atoms with E-state index in [0.717, 1.165) is 17.5 Å². The third-order valence-electron chi connectivity index (χ3n) is 1.60. The number of aryl methyl sites for hydroxylation is 2. The van der Waals surface area contributed by atoms with Crippen LogP contribution in [0, 0.1) is 6.92 Å². The summed E-state index contributed by atoms with van der Waals surface area (Å²) in [6.07, 6.45) is 0.911. The Bertz CT molecular complexity index is 245. The Hall–Kier alpha value is -0.980. The Balaban J connectivity index is 3.06. The summed E-state index contributed by atoms with van der Waals surface area (Å²) in [4.78, 5) is 0. The van der Waals surface area contributed by atoms with Crippen LogP contribution in [0.3, 0.4) is 0 Å². The Kier molecular flexibility index (Phi) is 1.58. The van der Waals surface area contributed by atoms with E-state index < -0.39 is 0 Å². The maximum absolute atomic E-state index is 6.78. The van der Waals surface area contributed by atoms with Crippen molar-refractivity contribution in [3.8, 4) is 5.75 Å². The van der Waals surface area contributed by atoms with Crippen molar-refractivity contribution in [2.75, 3.05) is 0 Å². The minimum atomic E-state index is 0.674. The van der Waals surface area contributed by atoms with Gasteiger partial charge in [0.05, 0.1) is 0 Å². The topological polar surface area (TPSA) is 20.2 Å². The lowest BCUT2D eigenvalue weighted by atomic mass is 10.1. The minimum absolute atomic E-state index is 0.674. The molecule has 0 bridgehead atoms. The van der Waals surface area contributed by atoms with E-state index in [2.05, 4.69) is 5.11 Å². The lowest BCUT2D eigenvalue weighted by Crippen LogP contribution is -1.81. The molecule has 1 aromatic rings. The molecule has 0 aliphatic rings. The van der Waals surface area contributed by atoms with Crippen molar-refractivity contribution < 1.29 is 5.11 Å². The first-order chi connectivity index (χ1) is 5.27.